The standard InChI is InChI=1S/C15H10BrF2N3/c16-10-3-1-2-4-14(10)21-8-13(19)15(20-21)9-5-6-11(17)12(18)7-9/h1-8H,19H2. The summed E-state index contributed by atoms with van der Waals surface area (Å²) in [6.07, 6.45) is 1.64. The molecular weight excluding hydrogens is 340 g/mol. The molecule has 0 aliphatic rings. The molecule has 106 valence electrons. The van der Waals surface area contributed by atoms with E-state index >= 15 is 0 Å². The van der Waals surface area contributed by atoms with E-state index in [4.69, 9.17) is 5.73 Å². The number of para-hydroxylation sites is 1. The van der Waals surface area contributed by atoms with Crippen molar-refractivity contribution in [1.82, 2.24) is 9.78 Å². The highest BCUT2D eigenvalue weighted by molar-refractivity contribution is 9.10. The number of nitrogen functional groups attached to an aromatic ring is 1. The molecule has 0 atom stereocenters. The first-order chi connectivity index (χ1) is 10.1. The molecule has 1 aromatic heterocycles. The Morgan fingerprint density at radius 1 is 1.05 bits per heavy atom. The summed E-state index contributed by atoms with van der Waals surface area (Å²) in [6, 6.07) is 11.1. The van der Waals surface area contributed by atoms with Crippen molar-refractivity contribution in [3.05, 3.63) is 64.8 Å². The zero-order valence-corrected chi connectivity index (χ0v) is 12.3. The lowest BCUT2D eigenvalue weighted by molar-refractivity contribution is 0.509. The van der Waals surface area contributed by atoms with Gasteiger partial charge in [0, 0.05) is 10.0 Å². The van der Waals surface area contributed by atoms with Crippen molar-refractivity contribution in [2.45, 2.75) is 0 Å². The van der Waals surface area contributed by atoms with Gasteiger partial charge in [-0.15, -0.1) is 0 Å². The lowest BCUT2D eigenvalue weighted by atomic mass is 10.1. The Labute approximate surface area is 128 Å². The third-order valence-corrected chi connectivity index (χ3v) is 3.71. The predicted octanol–water partition coefficient (Wildman–Crippen LogP) is 4.16. The zero-order chi connectivity index (χ0) is 15.0. The summed E-state index contributed by atoms with van der Waals surface area (Å²) in [5, 5.41) is 4.35. The van der Waals surface area contributed by atoms with E-state index in [2.05, 4.69) is 21.0 Å². The van der Waals surface area contributed by atoms with E-state index in [1.54, 1.807) is 10.9 Å². The summed E-state index contributed by atoms with van der Waals surface area (Å²) in [7, 11) is 0. The molecule has 3 aromatic rings. The maximum Gasteiger partial charge on any atom is 0.159 e. The van der Waals surface area contributed by atoms with Gasteiger partial charge >= 0.3 is 0 Å². The molecule has 1 heterocycles. The van der Waals surface area contributed by atoms with E-state index in [-0.39, 0.29) is 0 Å². The summed E-state index contributed by atoms with van der Waals surface area (Å²) in [5.41, 5.74) is 7.96. The molecule has 0 amide bonds. The van der Waals surface area contributed by atoms with Crippen molar-refractivity contribution in [3.8, 4) is 16.9 Å². The van der Waals surface area contributed by atoms with Crippen LogP contribution in [0.25, 0.3) is 16.9 Å². The molecule has 0 spiro atoms. The van der Waals surface area contributed by atoms with Crippen LogP contribution in [0.4, 0.5) is 14.5 Å². The second kappa shape index (κ2) is 5.29. The first-order valence-electron chi connectivity index (χ1n) is 6.12. The first-order valence-corrected chi connectivity index (χ1v) is 6.91. The highest BCUT2D eigenvalue weighted by atomic mass is 79.9. The van der Waals surface area contributed by atoms with Gasteiger partial charge < -0.3 is 5.73 Å². The molecule has 3 rings (SSSR count). The molecule has 21 heavy (non-hydrogen) atoms. The molecule has 3 nitrogen and oxygen atoms in total. The number of anilines is 1. The number of hydrogen-bond donors (Lipinski definition) is 1. The van der Waals surface area contributed by atoms with Gasteiger partial charge in [0.25, 0.3) is 0 Å². The molecule has 0 bridgehead atoms. The van der Waals surface area contributed by atoms with Crippen LogP contribution in [0.1, 0.15) is 0 Å². The monoisotopic (exact) mass is 349 g/mol. The van der Waals surface area contributed by atoms with Crippen LogP contribution in [0.5, 0.6) is 0 Å². The maximum atomic E-state index is 13.3. The summed E-state index contributed by atoms with van der Waals surface area (Å²) in [5.74, 6) is -1.83. The normalized spacial score (nSPS) is 10.8. The topological polar surface area (TPSA) is 43.8 Å². The lowest BCUT2D eigenvalue weighted by Crippen LogP contribution is -1.96. The molecule has 0 fully saturated rings. The lowest BCUT2D eigenvalue weighted by Gasteiger charge is -2.03. The minimum atomic E-state index is -0.928. The number of hydrogen-bond acceptors (Lipinski definition) is 2. The second-order valence-electron chi connectivity index (χ2n) is 4.46. The van der Waals surface area contributed by atoms with Gasteiger partial charge in [-0.25, -0.2) is 13.5 Å². The van der Waals surface area contributed by atoms with Gasteiger partial charge in [0.05, 0.1) is 17.6 Å². The number of aromatic nitrogens is 2. The minimum Gasteiger partial charge on any atom is -0.396 e. The number of nitrogens with zero attached hydrogens (tertiary/aromatic N) is 2. The fraction of sp³-hybridized carbons (Fsp3) is 0. The fourth-order valence-corrected chi connectivity index (χ4v) is 2.48. The van der Waals surface area contributed by atoms with Crippen LogP contribution in [0.15, 0.2) is 53.1 Å². The third kappa shape index (κ3) is 2.54. The largest absolute Gasteiger partial charge is 0.396 e. The van der Waals surface area contributed by atoms with Crippen LogP contribution in [-0.2, 0) is 0 Å². The van der Waals surface area contributed by atoms with Gasteiger partial charge in [-0.1, -0.05) is 12.1 Å². The molecule has 0 saturated carbocycles. The van der Waals surface area contributed by atoms with Crippen molar-refractivity contribution in [3.63, 3.8) is 0 Å². The minimum absolute atomic E-state index is 0.386. The number of nitrogens with two attached hydrogens (primary N) is 1. The van der Waals surface area contributed by atoms with Gasteiger partial charge in [-0.05, 0) is 46.3 Å². The van der Waals surface area contributed by atoms with Gasteiger partial charge in [0.1, 0.15) is 5.69 Å². The molecule has 6 heteroatoms. The quantitative estimate of drug-likeness (QED) is 0.754. The second-order valence-corrected chi connectivity index (χ2v) is 5.31. The van der Waals surface area contributed by atoms with Gasteiger partial charge in [0.2, 0.25) is 0 Å². The van der Waals surface area contributed by atoms with Crippen LogP contribution in [0, 0.1) is 11.6 Å². The van der Waals surface area contributed by atoms with Crippen LogP contribution in [0.3, 0.4) is 0 Å². The summed E-state index contributed by atoms with van der Waals surface area (Å²) < 4.78 is 28.8. The Balaban J connectivity index is 2.10. The van der Waals surface area contributed by atoms with Crippen LogP contribution < -0.4 is 5.73 Å². The molecule has 0 aliphatic carbocycles. The summed E-state index contributed by atoms with van der Waals surface area (Å²) >= 11 is 3.43. The first kappa shape index (κ1) is 13.8. The molecule has 2 aromatic carbocycles. The van der Waals surface area contributed by atoms with Crippen LogP contribution in [-0.4, -0.2) is 9.78 Å². The third-order valence-electron chi connectivity index (χ3n) is 3.03. The zero-order valence-electron chi connectivity index (χ0n) is 10.7. The van der Waals surface area contributed by atoms with Gasteiger partial charge in [-0.3, -0.25) is 0 Å². The van der Waals surface area contributed by atoms with E-state index < -0.39 is 11.6 Å². The van der Waals surface area contributed by atoms with Crippen LogP contribution >= 0.6 is 15.9 Å². The molecular formula is C15H10BrF2N3. The van der Waals surface area contributed by atoms with E-state index in [0.29, 0.717) is 16.9 Å². The van der Waals surface area contributed by atoms with E-state index in [1.165, 1.54) is 6.07 Å². The molecule has 0 aliphatic heterocycles. The number of rotatable bonds is 2. The van der Waals surface area contributed by atoms with E-state index in [1.807, 2.05) is 24.3 Å². The predicted molar refractivity (Wildman–Crippen MR) is 81.0 cm³/mol. The maximum absolute atomic E-state index is 13.3. The fourth-order valence-electron chi connectivity index (χ4n) is 2.02. The Kier molecular flexibility index (Phi) is 3.47. The summed E-state index contributed by atoms with van der Waals surface area (Å²) in [4.78, 5) is 0. The highest BCUT2D eigenvalue weighted by Gasteiger charge is 2.13. The van der Waals surface area contributed by atoms with Crippen molar-refractivity contribution < 1.29 is 8.78 Å². The average Bonchev–Trinajstić information content (AvgIpc) is 2.84. The Morgan fingerprint density at radius 2 is 1.81 bits per heavy atom. The van der Waals surface area contributed by atoms with Crippen molar-refractivity contribution in [2.75, 3.05) is 5.73 Å². The smallest absolute Gasteiger partial charge is 0.159 e. The Bertz CT molecular complexity index is 814. The van der Waals surface area contributed by atoms with E-state index in [0.717, 1.165) is 22.3 Å². The van der Waals surface area contributed by atoms with Crippen LogP contribution in [0.2, 0.25) is 0 Å². The van der Waals surface area contributed by atoms with Crippen molar-refractivity contribution in [2.24, 2.45) is 0 Å². The van der Waals surface area contributed by atoms with Gasteiger partial charge in [-0.2, -0.15) is 5.10 Å². The molecule has 0 saturated heterocycles. The van der Waals surface area contributed by atoms with E-state index in [9.17, 15) is 8.78 Å². The number of halogens is 3. The SMILES string of the molecule is Nc1cn(-c2ccccc2Br)nc1-c1ccc(F)c(F)c1. The Morgan fingerprint density at radius 3 is 2.52 bits per heavy atom. The average molecular weight is 350 g/mol. The number of benzene rings is 2. The molecule has 0 unspecified atom stereocenters. The molecule has 0 radical (unpaired) electrons. The summed E-state index contributed by atoms with van der Waals surface area (Å²) in [6.45, 7) is 0. The highest BCUT2D eigenvalue weighted by Crippen LogP contribution is 2.28. The Hall–Kier alpha value is -2.21. The van der Waals surface area contributed by atoms with Gasteiger partial charge in [0.15, 0.2) is 11.6 Å². The van der Waals surface area contributed by atoms with Crippen molar-refractivity contribution in [1.29, 1.82) is 0 Å². The van der Waals surface area contributed by atoms with Crippen molar-refractivity contribution >= 4 is 21.6 Å². The molecule has 2 N–H and O–H groups in total.